The van der Waals surface area contributed by atoms with Crippen LogP contribution in [0.2, 0.25) is 0 Å². The highest BCUT2D eigenvalue weighted by atomic mass is 19.1. The number of imidazole rings is 1. The normalized spacial score (nSPS) is 11.6. The molecule has 1 amide bonds. The van der Waals surface area contributed by atoms with Gasteiger partial charge in [-0.3, -0.25) is 24.8 Å². The van der Waals surface area contributed by atoms with E-state index < -0.39 is 11.6 Å². The first-order chi connectivity index (χ1) is 21.2. The van der Waals surface area contributed by atoms with Gasteiger partial charge in [0.25, 0.3) is 0 Å². The van der Waals surface area contributed by atoms with Crippen LogP contribution in [0.4, 0.5) is 20.2 Å². The van der Waals surface area contributed by atoms with Crippen LogP contribution in [0.5, 0.6) is 0 Å². The lowest BCUT2D eigenvalue weighted by Crippen LogP contribution is -2.20. The average molecular weight is 597 g/mol. The molecule has 0 fully saturated rings. The minimum atomic E-state index is -0.627. The molecule has 11 nitrogen and oxygen atoms in total. The number of likely N-dealkylation sites (N-methyl/N-ethyl adjacent to an activating group) is 1. The smallest absolute Gasteiger partial charge is 0.226 e. The molecule has 0 atom stereocenters. The molecule has 0 radical (unpaired) electrons. The zero-order valence-corrected chi connectivity index (χ0v) is 24.5. The molecular formula is C31H30F2N10O. The second-order valence-electron chi connectivity index (χ2n) is 11.0. The van der Waals surface area contributed by atoms with Gasteiger partial charge >= 0.3 is 0 Å². The van der Waals surface area contributed by atoms with E-state index in [0.29, 0.717) is 57.1 Å². The summed E-state index contributed by atoms with van der Waals surface area (Å²) in [5.41, 5.74) is 4.21. The first kappa shape index (κ1) is 28.8. The van der Waals surface area contributed by atoms with E-state index in [4.69, 9.17) is 4.98 Å². The number of fused-ring (bicyclic) bond motifs is 2. The topological polar surface area (TPSA) is 140 Å². The van der Waals surface area contributed by atoms with E-state index in [1.807, 2.05) is 25.1 Å². The first-order valence-electron chi connectivity index (χ1n) is 14.0. The van der Waals surface area contributed by atoms with Crippen molar-refractivity contribution in [3.63, 3.8) is 0 Å². The minimum Gasteiger partial charge on any atom is -0.384 e. The Morgan fingerprint density at radius 2 is 1.77 bits per heavy atom. The van der Waals surface area contributed by atoms with Crippen LogP contribution in [0.25, 0.3) is 56.0 Å². The number of pyridine rings is 3. The van der Waals surface area contributed by atoms with E-state index in [9.17, 15) is 9.18 Å². The van der Waals surface area contributed by atoms with E-state index in [1.54, 1.807) is 32.2 Å². The van der Waals surface area contributed by atoms with Crippen molar-refractivity contribution in [1.29, 1.82) is 0 Å². The molecule has 6 rings (SSSR count). The molecule has 0 unspecified atom stereocenters. The van der Waals surface area contributed by atoms with Gasteiger partial charge in [-0.1, -0.05) is 13.8 Å². The Kier molecular flexibility index (Phi) is 7.70. The molecule has 0 aliphatic heterocycles. The molecule has 0 aliphatic carbocycles. The third-order valence-electron chi connectivity index (χ3n) is 7.03. The molecule has 0 aliphatic rings. The number of nitrogens with one attached hydrogen (secondary N) is 4. The Labute approximate surface area is 251 Å². The highest BCUT2D eigenvalue weighted by molar-refractivity contribution is 5.98. The second-order valence-corrected chi connectivity index (χ2v) is 11.0. The predicted octanol–water partition coefficient (Wildman–Crippen LogP) is 5.47. The Morgan fingerprint density at radius 3 is 2.57 bits per heavy atom. The van der Waals surface area contributed by atoms with Gasteiger partial charge in [-0.25, -0.2) is 13.8 Å². The highest BCUT2D eigenvalue weighted by Gasteiger charge is 2.22. The van der Waals surface area contributed by atoms with Crippen molar-refractivity contribution in [2.75, 3.05) is 37.8 Å². The van der Waals surface area contributed by atoms with Gasteiger partial charge in [0.05, 0.1) is 40.2 Å². The number of carbonyl (C=O) groups excluding carboxylic acids is 1. The third-order valence-corrected chi connectivity index (χ3v) is 7.03. The van der Waals surface area contributed by atoms with Crippen LogP contribution in [0.3, 0.4) is 0 Å². The van der Waals surface area contributed by atoms with Gasteiger partial charge in [-0.15, -0.1) is 0 Å². The van der Waals surface area contributed by atoms with Gasteiger partial charge in [-0.05, 0) is 44.4 Å². The van der Waals surface area contributed by atoms with Gasteiger partial charge in [-0.2, -0.15) is 5.10 Å². The summed E-state index contributed by atoms with van der Waals surface area (Å²) in [7, 11) is 3.93. The summed E-state index contributed by atoms with van der Waals surface area (Å²) in [5, 5.41) is 13.4. The van der Waals surface area contributed by atoms with Crippen molar-refractivity contribution in [2.24, 2.45) is 5.92 Å². The van der Waals surface area contributed by atoms with Crippen LogP contribution in [0.1, 0.15) is 13.8 Å². The van der Waals surface area contributed by atoms with Crippen LogP contribution in [0.15, 0.2) is 55.1 Å². The Morgan fingerprint density at radius 1 is 0.955 bits per heavy atom. The van der Waals surface area contributed by atoms with Gasteiger partial charge in [0, 0.05) is 48.2 Å². The first-order valence-corrected chi connectivity index (χ1v) is 14.0. The van der Waals surface area contributed by atoms with Crippen LogP contribution < -0.4 is 10.6 Å². The largest absolute Gasteiger partial charge is 0.384 e. The Balaban J connectivity index is 1.39. The number of benzene rings is 1. The lowest BCUT2D eigenvalue weighted by Gasteiger charge is -2.12. The number of aromatic nitrogens is 7. The van der Waals surface area contributed by atoms with Crippen molar-refractivity contribution in [3.8, 4) is 34.0 Å². The van der Waals surface area contributed by atoms with Crippen molar-refractivity contribution >= 4 is 39.2 Å². The van der Waals surface area contributed by atoms with E-state index in [2.05, 4.69) is 40.8 Å². The molecular weight excluding hydrogens is 566 g/mol. The molecule has 44 heavy (non-hydrogen) atoms. The van der Waals surface area contributed by atoms with Crippen molar-refractivity contribution < 1.29 is 13.6 Å². The molecule has 0 saturated carbocycles. The molecule has 5 heterocycles. The summed E-state index contributed by atoms with van der Waals surface area (Å²) in [6, 6.07) is 8.02. The number of anilines is 2. The molecule has 1 aromatic carbocycles. The quantitative estimate of drug-likeness (QED) is 0.172. The maximum atomic E-state index is 16.2. The van der Waals surface area contributed by atoms with Crippen molar-refractivity contribution in [2.45, 2.75) is 13.8 Å². The van der Waals surface area contributed by atoms with Gasteiger partial charge in [0.1, 0.15) is 22.7 Å². The lowest BCUT2D eigenvalue weighted by atomic mass is 10.1. The van der Waals surface area contributed by atoms with Gasteiger partial charge in [0.2, 0.25) is 5.91 Å². The SMILES string of the molecule is CC(C)C(=O)Nc1cncc(-c2ncc3[nH]nc(-c4nc5c(-c6cc(F)cc(NCCN(C)C)c6)nccc5[nH]4)c3c2F)c1. The van der Waals surface area contributed by atoms with Gasteiger partial charge < -0.3 is 20.5 Å². The molecule has 5 aromatic heterocycles. The molecule has 0 bridgehead atoms. The minimum absolute atomic E-state index is 0.0424. The van der Waals surface area contributed by atoms with Crippen molar-refractivity contribution in [3.05, 3.63) is 66.8 Å². The van der Waals surface area contributed by atoms with Crippen LogP contribution >= 0.6 is 0 Å². The number of aromatic amines is 2. The summed E-state index contributed by atoms with van der Waals surface area (Å²) in [4.78, 5) is 35.1. The average Bonchev–Trinajstić information content (AvgIpc) is 3.62. The summed E-state index contributed by atoms with van der Waals surface area (Å²) in [6.45, 7) is 4.98. The number of halogens is 2. The molecule has 224 valence electrons. The highest BCUT2D eigenvalue weighted by Crippen LogP contribution is 2.35. The maximum absolute atomic E-state index is 16.2. The van der Waals surface area contributed by atoms with E-state index in [0.717, 1.165) is 6.54 Å². The number of carbonyl (C=O) groups is 1. The van der Waals surface area contributed by atoms with E-state index in [-0.39, 0.29) is 28.6 Å². The number of amides is 1. The predicted molar refractivity (Wildman–Crippen MR) is 166 cm³/mol. The fourth-order valence-corrected chi connectivity index (χ4v) is 4.78. The fourth-order valence-electron chi connectivity index (χ4n) is 4.78. The molecule has 4 N–H and O–H groups in total. The number of hydrogen-bond acceptors (Lipinski definition) is 8. The third kappa shape index (κ3) is 5.69. The summed E-state index contributed by atoms with van der Waals surface area (Å²) >= 11 is 0. The fraction of sp³-hybridized carbons (Fsp3) is 0.226. The van der Waals surface area contributed by atoms with E-state index in [1.165, 1.54) is 30.7 Å². The number of H-pyrrole nitrogens is 2. The van der Waals surface area contributed by atoms with Crippen LogP contribution in [-0.4, -0.2) is 73.1 Å². The molecule has 0 spiro atoms. The lowest BCUT2D eigenvalue weighted by molar-refractivity contribution is -0.118. The molecule has 13 heteroatoms. The molecule has 6 aromatic rings. The summed E-state index contributed by atoms with van der Waals surface area (Å²) in [5.74, 6) is -1.15. The number of hydrogen-bond donors (Lipinski definition) is 4. The van der Waals surface area contributed by atoms with Crippen molar-refractivity contribution in [1.82, 2.24) is 40.0 Å². The van der Waals surface area contributed by atoms with E-state index >= 15 is 4.39 Å². The zero-order chi connectivity index (χ0) is 31.0. The van der Waals surface area contributed by atoms with Crippen LogP contribution in [-0.2, 0) is 4.79 Å². The standard InChI is InChI=1S/C31H30F2N10O/c1-16(2)31(44)38-21-11-18(13-34-14-21)26-25(33)24-23(15-37-26)41-42-29(24)30-39-22-5-6-36-27(28(22)40-30)17-9-19(32)12-20(10-17)35-7-8-43(3)4/h5-6,9-16,35H,7-8H2,1-4H3,(H,38,44)(H,39,40)(H,41,42). The maximum Gasteiger partial charge on any atom is 0.226 e. The Bertz CT molecular complexity index is 2000. The number of rotatable bonds is 9. The van der Waals surface area contributed by atoms with Crippen LogP contribution in [0, 0.1) is 17.6 Å². The monoisotopic (exact) mass is 596 g/mol. The number of nitrogens with zero attached hydrogens (tertiary/aromatic N) is 6. The molecule has 0 saturated heterocycles. The summed E-state index contributed by atoms with van der Waals surface area (Å²) < 4.78 is 30.8. The summed E-state index contributed by atoms with van der Waals surface area (Å²) in [6.07, 6.45) is 6.05. The zero-order valence-electron chi connectivity index (χ0n) is 24.5. The Hall–Kier alpha value is -5.30. The van der Waals surface area contributed by atoms with Gasteiger partial charge in [0.15, 0.2) is 11.6 Å². The second kappa shape index (κ2) is 11.8.